The van der Waals surface area contributed by atoms with Crippen molar-refractivity contribution in [3.8, 4) is 0 Å². The molecule has 1 amide bonds. The quantitative estimate of drug-likeness (QED) is 0.665. The Hall–Kier alpha value is -1.50. The van der Waals surface area contributed by atoms with Crippen molar-refractivity contribution in [2.45, 2.75) is 63.1 Å². The highest BCUT2D eigenvalue weighted by molar-refractivity contribution is 5.82. The van der Waals surface area contributed by atoms with E-state index in [0.717, 1.165) is 25.0 Å². The first-order valence-corrected chi connectivity index (χ1v) is 9.13. The zero-order valence-electron chi connectivity index (χ0n) is 14.2. The molecular weight excluding hydrogens is 304 g/mol. The molecule has 1 saturated heterocycles. The van der Waals surface area contributed by atoms with Crippen LogP contribution in [-0.2, 0) is 9.53 Å². The Kier molecular flexibility index (Phi) is 6.57. The third kappa shape index (κ3) is 5.00. The lowest BCUT2D eigenvalue weighted by Crippen LogP contribution is -2.43. The molecule has 2 heterocycles. The maximum Gasteiger partial charge on any atom is 0.238 e. The standard InChI is InChI=1S/C18H28N4O2/c23-18(20-9-4-12-24-15-5-2-1-3-6-15)17-13-16(21-22-17)14-7-10-19-11-8-14/h7-8,10-11,15-17,21-22H,1-6,9,12-13H2,(H,20,23). The van der Waals surface area contributed by atoms with Crippen molar-refractivity contribution in [3.63, 3.8) is 0 Å². The number of hydrogen-bond acceptors (Lipinski definition) is 5. The molecule has 1 aliphatic carbocycles. The molecule has 0 aromatic carbocycles. The minimum atomic E-state index is -0.192. The topological polar surface area (TPSA) is 75.3 Å². The van der Waals surface area contributed by atoms with Crippen molar-refractivity contribution in [3.05, 3.63) is 30.1 Å². The van der Waals surface area contributed by atoms with E-state index in [1.54, 1.807) is 12.4 Å². The first-order valence-electron chi connectivity index (χ1n) is 9.13. The second kappa shape index (κ2) is 9.11. The summed E-state index contributed by atoms with van der Waals surface area (Å²) in [6, 6.07) is 3.91. The fourth-order valence-corrected chi connectivity index (χ4v) is 3.43. The Bertz CT molecular complexity index is 505. The summed E-state index contributed by atoms with van der Waals surface area (Å²) in [6.45, 7) is 1.41. The highest BCUT2D eigenvalue weighted by atomic mass is 16.5. The van der Waals surface area contributed by atoms with Gasteiger partial charge in [0.25, 0.3) is 0 Å². The lowest BCUT2D eigenvalue weighted by molar-refractivity contribution is -0.122. The number of pyridine rings is 1. The van der Waals surface area contributed by atoms with E-state index in [0.29, 0.717) is 12.6 Å². The number of ether oxygens (including phenoxy) is 1. The third-order valence-electron chi connectivity index (χ3n) is 4.85. The molecule has 1 saturated carbocycles. The van der Waals surface area contributed by atoms with Crippen LogP contribution in [0.3, 0.4) is 0 Å². The molecule has 24 heavy (non-hydrogen) atoms. The van der Waals surface area contributed by atoms with Crippen LogP contribution in [0.2, 0.25) is 0 Å². The van der Waals surface area contributed by atoms with Crippen molar-refractivity contribution < 1.29 is 9.53 Å². The smallest absolute Gasteiger partial charge is 0.238 e. The maximum absolute atomic E-state index is 12.2. The molecule has 1 aromatic heterocycles. The molecule has 132 valence electrons. The zero-order chi connectivity index (χ0) is 16.6. The van der Waals surface area contributed by atoms with Crippen LogP contribution in [0.25, 0.3) is 0 Å². The van der Waals surface area contributed by atoms with Crippen LogP contribution in [0.5, 0.6) is 0 Å². The molecule has 2 fully saturated rings. The van der Waals surface area contributed by atoms with Gasteiger partial charge in [-0.3, -0.25) is 9.78 Å². The number of carbonyl (C=O) groups excluding carboxylic acids is 1. The zero-order valence-corrected chi connectivity index (χ0v) is 14.2. The van der Waals surface area contributed by atoms with Crippen LogP contribution in [0, 0.1) is 0 Å². The van der Waals surface area contributed by atoms with E-state index in [9.17, 15) is 4.79 Å². The molecule has 0 spiro atoms. The van der Waals surface area contributed by atoms with Crippen LogP contribution in [-0.4, -0.2) is 36.2 Å². The van der Waals surface area contributed by atoms with Crippen LogP contribution in [0.15, 0.2) is 24.5 Å². The van der Waals surface area contributed by atoms with Crippen molar-refractivity contribution >= 4 is 5.91 Å². The lowest BCUT2D eigenvalue weighted by Gasteiger charge is -2.22. The fraction of sp³-hybridized carbons (Fsp3) is 0.667. The van der Waals surface area contributed by atoms with Gasteiger partial charge in [0, 0.05) is 31.6 Å². The third-order valence-corrected chi connectivity index (χ3v) is 4.85. The van der Waals surface area contributed by atoms with Gasteiger partial charge in [-0.2, -0.15) is 0 Å². The van der Waals surface area contributed by atoms with Gasteiger partial charge in [-0.05, 0) is 43.4 Å². The van der Waals surface area contributed by atoms with E-state index in [1.165, 1.54) is 32.1 Å². The van der Waals surface area contributed by atoms with E-state index in [2.05, 4.69) is 21.2 Å². The molecular formula is C18H28N4O2. The lowest BCUT2D eigenvalue weighted by atomic mass is 9.98. The summed E-state index contributed by atoms with van der Waals surface area (Å²) in [7, 11) is 0. The number of hydrogen-bond donors (Lipinski definition) is 3. The Labute approximate surface area is 143 Å². The first kappa shape index (κ1) is 17.3. The predicted molar refractivity (Wildman–Crippen MR) is 92.1 cm³/mol. The van der Waals surface area contributed by atoms with Gasteiger partial charge in [0.1, 0.15) is 6.04 Å². The van der Waals surface area contributed by atoms with Crippen LogP contribution in [0.4, 0.5) is 0 Å². The summed E-state index contributed by atoms with van der Waals surface area (Å²) in [4.78, 5) is 16.2. The molecule has 6 nitrogen and oxygen atoms in total. The summed E-state index contributed by atoms with van der Waals surface area (Å²) in [5, 5.41) is 3.00. The molecule has 3 N–H and O–H groups in total. The number of hydrazine groups is 1. The molecule has 3 rings (SSSR count). The summed E-state index contributed by atoms with van der Waals surface area (Å²) in [5.41, 5.74) is 7.42. The molecule has 0 radical (unpaired) electrons. The Morgan fingerprint density at radius 1 is 1.21 bits per heavy atom. The monoisotopic (exact) mass is 332 g/mol. The van der Waals surface area contributed by atoms with Crippen molar-refractivity contribution in [2.75, 3.05) is 13.2 Å². The Morgan fingerprint density at radius 3 is 2.79 bits per heavy atom. The van der Waals surface area contributed by atoms with Gasteiger partial charge in [-0.1, -0.05) is 19.3 Å². The average Bonchev–Trinajstić information content (AvgIpc) is 3.13. The van der Waals surface area contributed by atoms with E-state index in [4.69, 9.17) is 4.74 Å². The molecule has 6 heteroatoms. The van der Waals surface area contributed by atoms with Crippen LogP contribution >= 0.6 is 0 Å². The predicted octanol–water partition coefficient (Wildman–Crippen LogP) is 1.84. The number of nitrogens with one attached hydrogen (secondary N) is 3. The minimum absolute atomic E-state index is 0.0525. The van der Waals surface area contributed by atoms with Gasteiger partial charge in [-0.15, -0.1) is 0 Å². The van der Waals surface area contributed by atoms with Crippen molar-refractivity contribution in [1.82, 2.24) is 21.2 Å². The number of amides is 1. The molecule has 1 aliphatic heterocycles. The fourth-order valence-electron chi connectivity index (χ4n) is 3.43. The largest absolute Gasteiger partial charge is 0.378 e. The van der Waals surface area contributed by atoms with E-state index in [-0.39, 0.29) is 18.0 Å². The minimum Gasteiger partial charge on any atom is -0.378 e. The number of carbonyl (C=O) groups is 1. The first-order chi connectivity index (χ1) is 11.8. The van der Waals surface area contributed by atoms with Crippen molar-refractivity contribution in [1.29, 1.82) is 0 Å². The molecule has 2 aliphatic rings. The van der Waals surface area contributed by atoms with E-state index >= 15 is 0 Å². The second-order valence-electron chi connectivity index (χ2n) is 6.69. The maximum atomic E-state index is 12.2. The highest BCUT2D eigenvalue weighted by Gasteiger charge is 2.29. The van der Waals surface area contributed by atoms with Crippen LogP contribution in [0.1, 0.15) is 56.6 Å². The van der Waals surface area contributed by atoms with Gasteiger partial charge in [-0.25, -0.2) is 10.9 Å². The van der Waals surface area contributed by atoms with Gasteiger partial charge in [0.15, 0.2) is 0 Å². The second-order valence-corrected chi connectivity index (χ2v) is 6.69. The molecule has 0 bridgehead atoms. The highest BCUT2D eigenvalue weighted by Crippen LogP contribution is 2.21. The normalized spacial score (nSPS) is 24.8. The van der Waals surface area contributed by atoms with Gasteiger partial charge < -0.3 is 10.1 Å². The van der Waals surface area contributed by atoms with Crippen LogP contribution < -0.4 is 16.2 Å². The summed E-state index contributed by atoms with van der Waals surface area (Å²) in [5.74, 6) is 0.0525. The summed E-state index contributed by atoms with van der Waals surface area (Å²) >= 11 is 0. The average molecular weight is 332 g/mol. The molecule has 1 aromatic rings. The Balaban J connectivity index is 1.30. The summed E-state index contributed by atoms with van der Waals surface area (Å²) < 4.78 is 5.88. The molecule has 2 unspecified atom stereocenters. The summed E-state index contributed by atoms with van der Waals surface area (Å²) in [6.07, 6.45) is 11.9. The van der Waals surface area contributed by atoms with E-state index < -0.39 is 0 Å². The van der Waals surface area contributed by atoms with E-state index in [1.807, 2.05) is 12.1 Å². The van der Waals surface area contributed by atoms with Gasteiger partial charge in [0.05, 0.1) is 6.10 Å². The number of nitrogens with zero attached hydrogens (tertiary/aromatic N) is 1. The molecule has 2 atom stereocenters. The number of rotatable bonds is 7. The number of aromatic nitrogens is 1. The van der Waals surface area contributed by atoms with Gasteiger partial charge >= 0.3 is 0 Å². The van der Waals surface area contributed by atoms with Gasteiger partial charge in [0.2, 0.25) is 5.91 Å². The SMILES string of the molecule is O=C(NCCCOC1CCCCC1)C1CC(c2ccncc2)NN1. The Morgan fingerprint density at radius 2 is 2.00 bits per heavy atom. The van der Waals surface area contributed by atoms with Crippen molar-refractivity contribution in [2.24, 2.45) is 0 Å².